The van der Waals surface area contributed by atoms with E-state index in [1.54, 1.807) is 12.5 Å². The molecule has 0 aliphatic carbocycles. The second-order valence-corrected chi connectivity index (χ2v) is 5.49. The SMILES string of the molecule is COc1nc(NCCCn2ccnc2)nc(NCCOCCOCCN)n1. The van der Waals surface area contributed by atoms with Crippen LogP contribution in [0.3, 0.4) is 0 Å². The molecule has 0 unspecified atom stereocenters. The number of aromatic nitrogens is 5. The lowest BCUT2D eigenvalue weighted by Crippen LogP contribution is -2.17. The summed E-state index contributed by atoms with van der Waals surface area (Å²) in [6.45, 7) is 4.77. The van der Waals surface area contributed by atoms with Crippen molar-refractivity contribution in [2.45, 2.75) is 13.0 Å². The van der Waals surface area contributed by atoms with E-state index in [0.717, 1.165) is 19.5 Å². The Hall–Kier alpha value is -2.50. The summed E-state index contributed by atoms with van der Waals surface area (Å²) in [6.07, 6.45) is 6.40. The van der Waals surface area contributed by atoms with E-state index in [1.807, 2.05) is 10.8 Å². The van der Waals surface area contributed by atoms with Crippen molar-refractivity contribution in [3.05, 3.63) is 18.7 Å². The summed E-state index contributed by atoms with van der Waals surface area (Å²) in [5.74, 6) is 0.896. The first-order valence-electron chi connectivity index (χ1n) is 8.91. The Labute approximate surface area is 158 Å². The van der Waals surface area contributed by atoms with E-state index in [9.17, 15) is 0 Å². The maximum atomic E-state index is 5.45. The predicted octanol–water partition coefficient (Wildman–Crippen LogP) is -0.0173. The number of hydrogen-bond acceptors (Lipinski definition) is 10. The van der Waals surface area contributed by atoms with Gasteiger partial charge in [0.05, 0.1) is 39.9 Å². The minimum atomic E-state index is 0.251. The van der Waals surface area contributed by atoms with Crippen molar-refractivity contribution in [3.63, 3.8) is 0 Å². The third-order valence-electron chi connectivity index (χ3n) is 3.40. The van der Waals surface area contributed by atoms with Crippen LogP contribution in [0.25, 0.3) is 0 Å². The zero-order chi connectivity index (χ0) is 19.2. The van der Waals surface area contributed by atoms with Crippen LogP contribution >= 0.6 is 0 Å². The molecule has 150 valence electrons. The topological polar surface area (TPSA) is 134 Å². The summed E-state index contributed by atoms with van der Waals surface area (Å²) in [5.41, 5.74) is 5.34. The van der Waals surface area contributed by atoms with E-state index in [4.69, 9.17) is 19.9 Å². The van der Waals surface area contributed by atoms with Crippen LogP contribution in [0.4, 0.5) is 11.9 Å². The fourth-order valence-corrected chi connectivity index (χ4v) is 2.13. The number of nitrogens with two attached hydrogens (primary N) is 1. The van der Waals surface area contributed by atoms with Gasteiger partial charge in [-0.05, 0) is 6.42 Å². The molecule has 27 heavy (non-hydrogen) atoms. The largest absolute Gasteiger partial charge is 0.467 e. The average Bonchev–Trinajstić information content (AvgIpc) is 3.21. The van der Waals surface area contributed by atoms with Gasteiger partial charge in [-0.15, -0.1) is 0 Å². The fourth-order valence-electron chi connectivity index (χ4n) is 2.13. The zero-order valence-corrected chi connectivity index (χ0v) is 15.6. The summed E-state index contributed by atoms with van der Waals surface area (Å²) in [5, 5.41) is 6.27. The smallest absolute Gasteiger partial charge is 0.322 e. The van der Waals surface area contributed by atoms with Gasteiger partial charge < -0.3 is 35.1 Å². The number of aryl methyl sites for hydroxylation is 1. The highest BCUT2D eigenvalue weighted by Crippen LogP contribution is 2.10. The monoisotopic (exact) mass is 380 g/mol. The molecule has 0 aliphatic heterocycles. The Morgan fingerprint density at radius 2 is 1.74 bits per heavy atom. The summed E-state index contributed by atoms with van der Waals surface area (Å²) < 4.78 is 17.8. The van der Waals surface area contributed by atoms with Crippen LogP contribution in [0.2, 0.25) is 0 Å². The number of nitrogens with zero attached hydrogens (tertiary/aromatic N) is 5. The number of anilines is 2. The first-order valence-corrected chi connectivity index (χ1v) is 8.91. The number of ether oxygens (including phenoxy) is 3. The molecule has 0 bridgehead atoms. The van der Waals surface area contributed by atoms with Crippen LogP contribution in [-0.4, -0.2) is 77.7 Å². The summed E-state index contributed by atoms with van der Waals surface area (Å²) in [6, 6.07) is 0.251. The highest BCUT2D eigenvalue weighted by atomic mass is 16.5. The molecule has 0 saturated heterocycles. The van der Waals surface area contributed by atoms with Crippen LogP contribution in [0.5, 0.6) is 6.01 Å². The van der Waals surface area contributed by atoms with Crippen molar-refractivity contribution in [2.75, 3.05) is 63.8 Å². The summed E-state index contributed by atoms with van der Waals surface area (Å²) in [7, 11) is 1.52. The third kappa shape index (κ3) is 8.62. The summed E-state index contributed by atoms with van der Waals surface area (Å²) in [4.78, 5) is 16.7. The lowest BCUT2D eigenvalue weighted by atomic mass is 10.4. The van der Waals surface area contributed by atoms with Crippen molar-refractivity contribution in [1.29, 1.82) is 0 Å². The summed E-state index contributed by atoms with van der Waals surface area (Å²) >= 11 is 0. The molecule has 4 N–H and O–H groups in total. The van der Waals surface area contributed by atoms with Crippen molar-refractivity contribution in [1.82, 2.24) is 24.5 Å². The molecular formula is C16H28N8O3. The van der Waals surface area contributed by atoms with Gasteiger partial charge in [0, 0.05) is 38.6 Å². The van der Waals surface area contributed by atoms with E-state index < -0.39 is 0 Å². The van der Waals surface area contributed by atoms with E-state index in [-0.39, 0.29) is 6.01 Å². The molecule has 0 aromatic carbocycles. The first-order chi connectivity index (χ1) is 13.3. The van der Waals surface area contributed by atoms with Gasteiger partial charge in [0.2, 0.25) is 11.9 Å². The Balaban J connectivity index is 1.68. The maximum Gasteiger partial charge on any atom is 0.322 e. The Morgan fingerprint density at radius 3 is 2.41 bits per heavy atom. The van der Waals surface area contributed by atoms with E-state index in [2.05, 4.69) is 30.6 Å². The lowest BCUT2D eigenvalue weighted by Gasteiger charge is -2.10. The van der Waals surface area contributed by atoms with Gasteiger partial charge in [-0.25, -0.2) is 4.98 Å². The van der Waals surface area contributed by atoms with Gasteiger partial charge in [-0.2, -0.15) is 15.0 Å². The Bertz CT molecular complexity index is 626. The van der Waals surface area contributed by atoms with Crippen LogP contribution in [-0.2, 0) is 16.0 Å². The van der Waals surface area contributed by atoms with Crippen molar-refractivity contribution >= 4 is 11.9 Å². The Morgan fingerprint density at radius 1 is 1.00 bits per heavy atom. The second-order valence-electron chi connectivity index (χ2n) is 5.49. The van der Waals surface area contributed by atoms with E-state index >= 15 is 0 Å². The first kappa shape index (κ1) is 20.8. The molecular weight excluding hydrogens is 352 g/mol. The maximum absolute atomic E-state index is 5.45. The molecule has 0 spiro atoms. The molecule has 2 heterocycles. The van der Waals surface area contributed by atoms with Crippen molar-refractivity contribution in [3.8, 4) is 6.01 Å². The number of methoxy groups -OCH3 is 1. The number of hydrogen-bond donors (Lipinski definition) is 3. The Kier molecular flexibility index (Phi) is 9.86. The molecule has 0 atom stereocenters. The normalized spacial score (nSPS) is 10.7. The van der Waals surface area contributed by atoms with Gasteiger partial charge in [0.1, 0.15) is 0 Å². The van der Waals surface area contributed by atoms with Crippen molar-refractivity contribution < 1.29 is 14.2 Å². The predicted molar refractivity (Wildman–Crippen MR) is 101 cm³/mol. The number of rotatable bonds is 15. The molecule has 0 amide bonds. The van der Waals surface area contributed by atoms with Crippen LogP contribution in [0.1, 0.15) is 6.42 Å². The van der Waals surface area contributed by atoms with Crippen molar-refractivity contribution in [2.24, 2.45) is 5.73 Å². The quantitative estimate of drug-likeness (QED) is 0.362. The zero-order valence-electron chi connectivity index (χ0n) is 15.6. The second kappa shape index (κ2) is 12.8. The van der Waals surface area contributed by atoms with Gasteiger partial charge in [0.25, 0.3) is 0 Å². The minimum absolute atomic E-state index is 0.251. The van der Waals surface area contributed by atoms with E-state index in [1.165, 1.54) is 7.11 Å². The van der Waals surface area contributed by atoms with E-state index in [0.29, 0.717) is 51.4 Å². The van der Waals surface area contributed by atoms with Gasteiger partial charge in [-0.3, -0.25) is 0 Å². The molecule has 2 aromatic heterocycles. The molecule has 0 aliphatic rings. The molecule has 11 heteroatoms. The third-order valence-corrected chi connectivity index (χ3v) is 3.40. The van der Waals surface area contributed by atoms with Gasteiger partial charge in [0.15, 0.2) is 0 Å². The van der Waals surface area contributed by atoms with Crippen LogP contribution < -0.4 is 21.1 Å². The molecule has 2 aromatic rings. The molecule has 2 rings (SSSR count). The van der Waals surface area contributed by atoms with Crippen LogP contribution in [0.15, 0.2) is 18.7 Å². The number of imidazole rings is 1. The molecule has 11 nitrogen and oxygen atoms in total. The molecule has 0 fully saturated rings. The van der Waals surface area contributed by atoms with Gasteiger partial charge >= 0.3 is 6.01 Å². The highest BCUT2D eigenvalue weighted by molar-refractivity contribution is 5.35. The van der Waals surface area contributed by atoms with Gasteiger partial charge in [-0.1, -0.05) is 0 Å². The molecule has 0 radical (unpaired) electrons. The van der Waals surface area contributed by atoms with Crippen LogP contribution in [0, 0.1) is 0 Å². The molecule has 0 saturated carbocycles. The lowest BCUT2D eigenvalue weighted by molar-refractivity contribution is 0.0547. The standard InChI is InChI=1S/C16H28N8O3/c1-25-16-22-14(19-4-2-7-24-8-5-18-13-24)21-15(23-16)20-6-10-27-12-11-26-9-3-17/h5,8,13H,2-4,6-7,9-12,17H2,1H3,(H2,19,20,21,22,23). The minimum Gasteiger partial charge on any atom is -0.467 e. The fraction of sp³-hybridized carbons (Fsp3) is 0.625. The number of nitrogens with one attached hydrogen (secondary N) is 2. The highest BCUT2D eigenvalue weighted by Gasteiger charge is 2.06. The average molecular weight is 380 g/mol.